The lowest BCUT2D eigenvalue weighted by atomic mass is 10.1. The van der Waals surface area contributed by atoms with Gasteiger partial charge in [-0.05, 0) is 49.4 Å². The molecule has 0 aliphatic carbocycles. The minimum atomic E-state index is 0.108. The molecule has 0 aromatic heterocycles. The van der Waals surface area contributed by atoms with Gasteiger partial charge in [0, 0.05) is 12.1 Å². The van der Waals surface area contributed by atoms with E-state index in [1.165, 1.54) is 11.1 Å². The van der Waals surface area contributed by atoms with E-state index in [9.17, 15) is 4.79 Å². The summed E-state index contributed by atoms with van der Waals surface area (Å²) in [5.74, 6) is 0.683. The fraction of sp³-hybridized carbons (Fsp3) is 0.500. The summed E-state index contributed by atoms with van der Waals surface area (Å²) in [4.78, 5) is 11.6. The van der Waals surface area contributed by atoms with Gasteiger partial charge in [0.1, 0.15) is 0 Å². The van der Waals surface area contributed by atoms with Gasteiger partial charge in [0.2, 0.25) is 5.91 Å². The summed E-state index contributed by atoms with van der Waals surface area (Å²) in [6.45, 7) is 8.38. The molecular weight excluding hydrogens is 198 g/mol. The molecule has 1 amide bonds. The zero-order valence-electron chi connectivity index (χ0n) is 10.6. The van der Waals surface area contributed by atoms with Gasteiger partial charge in [-0.2, -0.15) is 0 Å². The number of rotatable bonds is 4. The average molecular weight is 219 g/mol. The zero-order valence-corrected chi connectivity index (χ0v) is 10.6. The Balaban J connectivity index is 2.53. The molecule has 0 bridgehead atoms. The third-order valence-corrected chi connectivity index (χ3v) is 2.74. The highest BCUT2D eigenvalue weighted by molar-refractivity contribution is 5.90. The largest absolute Gasteiger partial charge is 0.326 e. The number of aryl methyl sites for hydroxylation is 2. The molecule has 1 aromatic rings. The molecule has 0 aliphatic rings. The number of carbonyl (C=O) groups is 1. The number of hydrogen-bond acceptors (Lipinski definition) is 1. The molecule has 1 aromatic carbocycles. The Labute approximate surface area is 98.1 Å². The summed E-state index contributed by atoms with van der Waals surface area (Å²) in [6, 6.07) is 6.01. The summed E-state index contributed by atoms with van der Waals surface area (Å²) in [7, 11) is 0. The molecule has 0 spiro atoms. The topological polar surface area (TPSA) is 29.1 Å². The van der Waals surface area contributed by atoms with E-state index in [1.807, 2.05) is 18.2 Å². The van der Waals surface area contributed by atoms with Crippen molar-refractivity contribution in [2.24, 2.45) is 5.92 Å². The minimum Gasteiger partial charge on any atom is -0.326 e. The van der Waals surface area contributed by atoms with Gasteiger partial charge in [-0.1, -0.05) is 19.9 Å². The highest BCUT2D eigenvalue weighted by Crippen LogP contribution is 2.15. The number of benzene rings is 1. The summed E-state index contributed by atoms with van der Waals surface area (Å²) in [6.07, 6.45) is 1.54. The van der Waals surface area contributed by atoms with Crippen molar-refractivity contribution in [1.82, 2.24) is 0 Å². The van der Waals surface area contributed by atoms with Crippen LogP contribution in [-0.2, 0) is 4.79 Å². The van der Waals surface area contributed by atoms with Crippen LogP contribution in [0.1, 0.15) is 37.8 Å². The van der Waals surface area contributed by atoms with E-state index >= 15 is 0 Å². The van der Waals surface area contributed by atoms with Crippen molar-refractivity contribution in [3.8, 4) is 0 Å². The predicted molar refractivity (Wildman–Crippen MR) is 68.6 cm³/mol. The quantitative estimate of drug-likeness (QED) is 0.822. The molecule has 1 rings (SSSR count). The molecule has 2 heteroatoms. The van der Waals surface area contributed by atoms with Crippen LogP contribution in [0.15, 0.2) is 18.2 Å². The maximum absolute atomic E-state index is 11.6. The summed E-state index contributed by atoms with van der Waals surface area (Å²) < 4.78 is 0. The van der Waals surface area contributed by atoms with Crippen LogP contribution >= 0.6 is 0 Å². The van der Waals surface area contributed by atoms with Crippen molar-refractivity contribution in [3.63, 3.8) is 0 Å². The lowest BCUT2D eigenvalue weighted by Gasteiger charge is -2.08. The average Bonchev–Trinajstić information content (AvgIpc) is 2.21. The number of amides is 1. The predicted octanol–water partition coefficient (Wildman–Crippen LogP) is 3.68. The van der Waals surface area contributed by atoms with Crippen LogP contribution in [0.4, 0.5) is 5.69 Å². The number of nitrogens with one attached hydrogen (secondary N) is 1. The van der Waals surface area contributed by atoms with E-state index in [0.717, 1.165) is 12.1 Å². The fourth-order valence-electron chi connectivity index (χ4n) is 1.46. The summed E-state index contributed by atoms with van der Waals surface area (Å²) in [5, 5.41) is 2.93. The molecule has 0 fully saturated rings. The van der Waals surface area contributed by atoms with Crippen molar-refractivity contribution in [1.29, 1.82) is 0 Å². The highest BCUT2D eigenvalue weighted by atomic mass is 16.1. The van der Waals surface area contributed by atoms with Gasteiger partial charge in [-0.3, -0.25) is 4.79 Å². The van der Waals surface area contributed by atoms with Gasteiger partial charge in [0.25, 0.3) is 0 Å². The SMILES string of the molecule is Cc1ccc(NC(=O)CCC(C)C)cc1C. The zero-order chi connectivity index (χ0) is 12.1. The maximum Gasteiger partial charge on any atom is 0.224 e. The molecule has 0 saturated heterocycles. The van der Waals surface area contributed by atoms with Crippen molar-refractivity contribution < 1.29 is 4.79 Å². The second-order valence-electron chi connectivity index (χ2n) is 4.78. The third-order valence-electron chi connectivity index (χ3n) is 2.74. The van der Waals surface area contributed by atoms with Gasteiger partial charge in [0.15, 0.2) is 0 Å². The molecule has 1 N–H and O–H groups in total. The van der Waals surface area contributed by atoms with Crippen LogP contribution < -0.4 is 5.32 Å². The Morgan fingerprint density at radius 3 is 2.50 bits per heavy atom. The highest BCUT2D eigenvalue weighted by Gasteiger charge is 2.04. The first kappa shape index (κ1) is 12.8. The van der Waals surface area contributed by atoms with Crippen LogP contribution in [0.5, 0.6) is 0 Å². The van der Waals surface area contributed by atoms with E-state index in [2.05, 4.69) is 33.0 Å². The van der Waals surface area contributed by atoms with Crippen LogP contribution in [-0.4, -0.2) is 5.91 Å². The summed E-state index contributed by atoms with van der Waals surface area (Å²) >= 11 is 0. The second kappa shape index (κ2) is 5.69. The third kappa shape index (κ3) is 4.05. The Kier molecular flexibility index (Phi) is 4.53. The van der Waals surface area contributed by atoms with Crippen molar-refractivity contribution in [2.75, 3.05) is 5.32 Å². The van der Waals surface area contributed by atoms with E-state index < -0.39 is 0 Å². The van der Waals surface area contributed by atoms with Gasteiger partial charge < -0.3 is 5.32 Å². The molecule has 2 nitrogen and oxygen atoms in total. The number of anilines is 1. The van der Waals surface area contributed by atoms with Crippen LogP contribution in [0.25, 0.3) is 0 Å². The van der Waals surface area contributed by atoms with Crippen molar-refractivity contribution >= 4 is 11.6 Å². The van der Waals surface area contributed by atoms with Gasteiger partial charge >= 0.3 is 0 Å². The lowest BCUT2D eigenvalue weighted by Crippen LogP contribution is -2.12. The van der Waals surface area contributed by atoms with E-state index in [4.69, 9.17) is 0 Å². The molecular formula is C14H21NO. The molecule has 0 unspecified atom stereocenters. The first-order valence-electron chi connectivity index (χ1n) is 5.86. The second-order valence-corrected chi connectivity index (χ2v) is 4.78. The van der Waals surface area contributed by atoms with E-state index in [1.54, 1.807) is 0 Å². The molecule has 88 valence electrons. The Morgan fingerprint density at radius 1 is 1.25 bits per heavy atom. The van der Waals surface area contributed by atoms with Gasteiger partial charge in [0.05, 0.1) is 0 Å². The Bertz CT molecular complexity index is 369. The number of carbonyl (C=O) groups excluding carboxylic acids is 1. The molecule has 0 heterocycles. The van der Waals surface area contributed by atoms with E-state index in [0.29, 0.717) is 12.3 Å². The smallest absolute Gasteiger partial charge is 0.224 e. The Hall–Kier alpha value is -1.31. The van der Waals surface area contributed by atoms with Gasteiger partial charge in [-0.25, -0.2) is 0 Å². The molecule has 16 heavy (non-hydrogen) atoms. The van der Waals surface area contributed by atoms with Crippen molar-refractivity contribution in [2.45, 2.75) is 40.5 Å². The molecule has 0 aliphatic heterocycles. The standard InChI is InChI=1S/C14H21NO/c1-10(2)5-8-14(16)15-13-7-6-11(3)12(4)9-13/h6-7,9-10H,5,8H2,1-4H3,(H,15,16). The number of hydrogen-bond donors (Lipinski definition) is 1. The van der Waals surface area contributed by atoms with Crippen LogP contribution in [0.2, 0.25) is 0 Å². The minimum absolute atomic E-state index is 0.108. The maximum atomic E-state index is 11.6. The molecule has 0 atom stereocenters. The monoisotopic (exact) mass is 219 g/mol. The first-order chi connectivity index (χ1) is 7.49. The summed E-state index contributed by atoms with van der Waals surface area (Å²) in [5.41, 5.74) is 3.36. The normalized spacial score (nSPS) is 10.6. The van der Waals surface area contributed by atoms with E-state index in [-0.39, 0.29) is 5.91 Å². The lowest BCUT2D eigenvalue weighted by molar-refractivity contribution is -0.116. The Morgan fingerprint density at radius 2 is 1.94 bits per heavy atom. The molecule has 0 saturated carbocycles. The van der Waals surface area contributed by atoms with Crippen LogP contribution in [0, 0.1) is 19.8 Å². The van der Waals surface area contributed by atoms with Crippen LogP contribution in [0.3, 0.4) is 0 Å². The van der Waals surface area contributed by atoms with Gasteiger partial charge in [-0.15, -0.1) is 0 Å². The fourth-order valence-corrected chi connectivity index (χ4v) is 1.46. The molecule has 0 radical (unpaired) electrons. The first-order valence-corrected chi connectivity index (χ1v) is 5.86. The van der Waals surface area contributed by atoms with Crippen molar-refractivity contribution in [3.05, 3.63) is 29.3 Å².